The monoisotopic (exact) mass is 499 g/mol. The summed E-state index contributed by atoms with van der Waals surface area (Å²) in [7, 11) is 1.63. The molecule has 0 aromatic heterocycles. The van der Waals surface area contributed by atoms with Crippen LogP contribution in [0.2, 0.25) is 0 Å². The Morgan fingerprint density at radius 1 is 0.919 bits per heavy atom. The maximum atomic E-state index is 12.7. The highest BCUT2D eigenvalue weighted by molar-refractivity contribution is 5.79. The summed E-state index contributed by atoms with van der Waals surface area (Å²) in [6, 6.07) is 27.1. The van der Waals surface area contributed by atoms with E-state index in [9.17, 15) is 10.3 Å². The number of hydrogen-bond donors (Lipinski definition) is 0. The van der Waals surface area contributed by atoms with E-state index in [0.29, 0.717) is 38.9 Å². The Morgan fingerprint density at radius 2 is 1.57 bits per heavy atom. The van der Waals surface area contributed by atoms with E-state index in [-0.39, 0.29) is 17.8 Å². The van der Waals surface area contributed by atoms with E-state index in [1.54, 1.807) is 7.11 Å². The van der Waals surface area contributed by atoms with Crippen molar-refractivity contribution in [2.75, 3.05) is 7.11 Å². The first kappa shape index (κ1) is 26.4. The molecule has 0 saturated heterocycles. The Kier molecular flexibility index (Phi) is 9.72. The molecular formula is C30H33N3O4. The van der Waals surface area contributed by atoms with Gasteiger partial charge in [0, 0.05) is 23.7 Å². The van der Waals surface area contributed by atoms with Crippen molar-refractivity contribution in [3.63, 3.8) is 0 Å². The molecule has 37 heavy (non-hydrogen) atoms. The zero-order valence-electron chi connectivity index (χ0n) is 21.1. The number of azide groups is 1. The average molecular weight is 500 g/mol. The number of ether oxygens (including phenoxy) is 3. The predicted octanol–water partition coefficient (Wildman–Crippen LogP) is 6.46. The van der Waals surface area contributed by atoms with E-state index in [2.05, 4.69) is 10.0 Å². The van der Waals surface area contributed by atoms with Crippen LogP contribution >= 0.6 is 0 Å². The first-order chi connectivity index (χ1) is 18.2. The molecule has 1 aliphatic carbocycles. The lowest BCUT2D eigenvalue weighted by Crippen LogP contribution is -2.46. The van der Waals surface area contributed by atoms with Gasteiger partial charge in [0.1, 0.15) is 11.5 Å². The summed E-state index contributed by atoms with van der Waals surface area (Å²) >= 11 is 0. The molecule has 0 spiro atoms. The van der Waals surface area contributed by atoms with Gasteiger partial charge in [-0.2, -0.15) is 0 Å². The van der Waals surface area contributed by atoms with Crippen LogP contribution in [0.25, 0.3) is 10.4 Å². The van der Waals surface area contributed by atoms with Crippen molar-refractivity contribution in [2.24, 2.45) is 11.0 Å². The minimum atomic E-state index is -0.513. The minimum absolute atomic E-state index is 0.182. The van der Waals surface area contributed by atoms with Crippen LogP contribution in [-0.4, -0.2) is 31.1 Å². The quantitative estimate of drug-likeness (QED) is 0.162. The molecule has 4 atom stereocenters. The van der Waals surface area contributed by atoms with E-state index in [4.69, 9.17) is 14.2 Å². The van der Waals surface area contributed by atoms with Crippen molar-refractivity contribution in [1.82, 2.24) is 0 Å². The molecule has 1 fully saturated rings. The zero-order valence-corrected chi connectivity index (χ0v) is 21.1. The highest BCUT2D eigenvalue weighted by atomic mass is 16.5. The number of methoxy groups -OCH3 is 1. The molecule has 3 aromatic carbocycles. The second-order valence-corrected chi connectivity index (χ2v) is 9.37. The number of hydrogen-bond acceptors (Lipinski definition) is 5. The van der Waals surface area contributed by atoms with Crippen LogP contribution in [0.5, 0.6) is 5.75 Å². The van der Waals surface area contributed by atoms with E-state index < -0.39 is 12.1 Å². The lowest BCUT2D eigenvalue weighted by atomic mass is 9.78. The number of rotatable bonds is 12. The van der Waals surface area contributed by atoms with E-state index in [1.165, 1.54) is 0 Å². The second kappa shape index (κ2) is 13.6. The van der Waals surface area contributed by atoms with Crippen molar-refractivity contribution in [3.05, 3.63) is 112 Å². The Bertz CT molecular complexity index is 1160. The Labute approximate surface area is 218 Å². The van der Waals surface area contributed by atoms with Crippen LogP contribution in [-0.2, 0) is 33.9 Å². The van der Waals surface area contributed by atoms with Crippen LogP contribution in [0.15, 0.2) is 90.0 Å². The van der Waals surface area contributed by atoms with Crippen molar-refractivity contribution in [2.45, 2.75) is 57.1 Å². The third kappa shape index (κ3) is 7.67. The fraction of sp³-hybridized carbons (Fsp3) is 0.367. The fourth-order valence-electron chi connectivity index (χ4n) is 4.90. The molecule has 7 nitrogen and oxygen atoms in total. The Hall–Kier alpha value is -3.64. The van der Waals surface area contributed by atoms with Gasteiger partial charge in [-0.1, -0.05) is 77.9 Å². The molecule has 1 saturated carbocycles. The van der Waals surface area contributed by atoms with Crippen molar-refractivity contribution >= 4 is 5.78 Å². The predicted molar refractivity (Wildman–Crippen MR) is 142 cm³/mol. The molecule has 0 amide bonds. The Morgan fingerprint density at radius 3 is 2.19 bits per heavy atom. The van der Waals surface area contributed by atoms with Crippen molar-refractivity contribution in [3.8, 4) is 5.75 Å². The van der Waals surface area contributed by atoms with Gasteiger partial charge in [-0.05, 0) is 47.2 Å². The fourth-order valence-corrected chi connectivity index (χ4v) is 4.90. The van der Waals surface area contributed by atoms with Gasteiger partial charge in [-0.3, -0.25) is 4.79 Å². The van der Waals surface area contributed by atoms with Crippen molar-refractivity contribution in [1.29, 1.82) is 0 Å². The van der Waals surface area contributed by atoms with E-state index in [1.807, 2.05) is 84.9 Å². The highest BCUT2D eigenvalue weighted by Gasteiger charge is 2.40. The first-order valence-electron chi connectivity index (χ1n) is 12.7. The molecule has 7 heteroatoms. The number of ketones is 1. The summed E-state index contributed by atoms with van der Waals surface area (Å²) < 4.78 is 18.2. The average Bonchev–Trinajstić information content (AvgIpc) is 2.94. The van der Waals surface area contributed by atoms with Gasteiger partial charge in [0.25, 0.3) is 0 Å². The topological polar surface area (TPSA) is 93.5 Å². The number of carbonyl (C=O) groups excluding carboxylic acids is 1. The van der Waals surface area contributed by atoms with Crippen LogP contribution in [0, 0.1) is 5.92 Å². The number of nitrogens with zero attached hydrogens (tertiary/aromatic N) is 3. The standard InChI is InChI=1S/C30H33N3O4/c1-35-26-15-12-22(13-16-26)18-28(32-33-31)30(37-21-24-10-6-3-7-11-24)27-19-25(34)14-17-29(27)36-20-23-8-4-2-5-9-23/h2-13,15-16,27-30H,14,17-21H2,1H3/t27-,28-,29-,30-/m0/s1. The largest absolute Gasteiger partial charge is 0.497 e. The lowest BCUT2D eigenvalue weighted by molar-refractivity contribution is -0.136. The molecule has 0 N–H and O–H groups in total. The van der Waals surface area contributed by atoms with Crippen LogP contribution < -0.4 is 4.74 Å². The number of Topliss-reactive ketones (excluding diaryl/α,β-unsaturated/α-hetero) is 1. The van der Waals surface area contributed by atoms with E-state index in [0.717, 1.165) is 22.4 Å². The first-order valence-corrected chi connectivity index (χ1v) is 12.7. The third-order valence-electron chi connectivity index (χ3n) is 6.85. The third-order valence-corrected chi connectivity index (χ3v) is 6.85. The maximum absolute atomic E-state index is 12.7. The number of carbonyl (C=O) groups is 1. The Balaban J connectivity index is 1.60. The van der Waals surface area contributed by atoms with E-state index >= 15 is 0 Å². The van der Waals surface area contributed by atoms with Crippen molar-refractivity contribution < 1.29 is 19.0 Å². The van der Waals surface area contributed by atoms with Gasteiger partial charge >= 0.3 is 0 Å². The zero-order chi connectivity index (χ0) is 25.9. The molecule has 0 aliphatic heterocycles. The van der Waals surface area contributed by atoms with Crippen LogP contribution in [0.4, 0.5) is 0 Å². The molecule has 0 unspecified atom stereocenters. The van der Waals surface area contributed by atoms with Gasteiger partial charge < -0.3 is 14.2 Å². The summed E-state index contributed by atoms with van der Waals surface area (Å²) in [5.74, 6) is 0.706. The lowest BCUT2D eigenvalue weighted by Gasteiger charge is -2.39. The maximum Gasteiger partial charge on any atom is 0.133 e. The van der Waals surface area contributed by atoms with Gasteiger partial charge in [-0.25, -0.2) is 0 Å². The summed E-state index contributed by atoms with van der Waals surface area (Å²) in [5, 5.41) is 4.19. The summed E-state index contributed by atoms with van der Waals surface area (Å²) in [4.78, 5) is 15.8. The molecule has 0 heterocycles. The van der Waals surface area contributed by atoms with Gasteiger partial charge in [0.15, 0.2) is 0 Å². The SMILES string of the molecule is COc1ccc(C[C@H](N=[N+]=[N-])[C@@H](OCc2ccccc2)[C@H]2CC(=O)CC[C@@H]2OCc2ccccc2)cc1. The van der Waals surface area contributed by atoms with Crippen LogP contribution in [0.1, 0.15) is 36.0 Å². The summed E-state index contributed by atoms with van der Waals surface area (Å²) in [5.41, 5.74) is 12.6. The summed E-state index contributed by atoms with van der Waals surface area (Å²) in [6.07, 6.45) is 1.22. The molecule has 4 rings (SSSR count). The molecule has 1 aliphatic rings. The normalized spacial score (nSPS) is 19.0. The molecule has 192 valence electrons. The minimum Gasteiger partial charge on any atom is -0.497 e. The molecule has 3 aromatic rings. The summed E-state index contributed by atoms with van der Waals surface area (Å²) in [6.45, 7) is 0.800. The second-order valence-electron chi connectivity index (χ2n) is 9.37. The van der Waals surface area contributed by atoms with Gasteiger partial charge in [-0.15, -0.1) is 0 Å². The van der Waals surface area contributed by atoms with Crippen LogP contribution in [0.3, 0.4) is 0 Å². The smallest absolute Gasteiger partial charge is 0.133 e. The van der Waals surface area contributed by atoms with Gasteiger partial charge in [0.05, 0.1) is 38.6 Å². The molecule has 0 radical (unpaired) electrons. The molecule has 0 bridgehead atoms. The highest BCUT2D eigenvalue weighted by Crippen LogP contribution is 2.34. The van der Waals surface area contributed by atoms with Gasteiger partial charge in [0.2, 0.25) is 0 Å². The molecular weight excluding hydrogens is 466 g/mol. The number of benzene rings is 3.